The van der Waals surface area contributed by atoms with E-state index < -0.39 is 77.9 Å². The van der Waals surface area contributed by atoms with Crippen molar-refractivity contribution in [1.29, 1.82) is 0 Å². The molecule has 0 aliphatic rings. The van der Waals surface area contributed by atoms with E-state index in [1.165, 1.54) is 0 Å². The Morgan fingerprint density at radius 1 is 0.450 bits per heavy atom. The van der Waals surface area contributed by atoms with Gasteiger partial charge in [0.15, 0.2) is 0 Å². The minimum Gasteiger partial charge on any atom is -0.480 e. The SMILES string of the molecule is O=C(O)C(CCCCNC(C(=O)O)C(=O)O)NC(=O)C(CCCCNC(C(=O)O)C(=O)O)NC(C(=O)O)C(=O)O. The molecule has 0 fully saturated rings. The fraction of sp³-hybridized carbons (Fsp3) is 0.619. The van der Waals surface area contributed by atoms with E-state index in [2.05, 4.69) is 21.3 Å². The third-order valence-electron chi connectivity index (χ3n) is 5.32. The van der Waals surface area contributed by atoms with Crippen LogP contribution in [0.5, 0.6) is 0 Å². The minimum absolute atomic E-state index is 0.0354. The number of rotatable bonds is 23. The minimum atomic E-state index is -2.23. The van der Waals surface area contributed by atoms with Crippen LogP contribution < -0.4 is 21.3 Å². The van der Waals surface area contributed by atoms with Crippen LogP contribution in [0.2, 0.25) is 0 Å². The van der Waals surface area contributed by atoms with Gasteiger partial charge in [-0.25, -0.2) is 33.6 Å². The lowest BCUT2D eigenvalue weighted by molar-refractivity contribution is -0.153. The lowest BCUT2D eigenvalue weighted by Crippen LogP contribution is -2.56. The van der Waals surface area contributed by atoms with E-state index in [0.717, 1.165) is 0 Å². The summed E-state index contributed by atoms with van der Waals surface area (Å²) in [5.74, 6) is -12.7. The number of nitrogens with one attached hydrogen (secondary N) is 4. The molecule has 0 aliphatic heterocycles. The Labute approximate surface area is 225 Å². The van der Waals surface area contributed by atoms with Crippen molar-refractivity contribution in [3.63, 3.8) is 0 Å². The highest BCUT2D eigenvalue weighted by Crippen LogP contribution is 2.07. The Bertz CT molecular complexity index is 914. The largest absolute Gasteiger partial charge is 0.480 e. The zero-order valence-electron chi connectivity index (χ0n) is 20.9. The Hall–Kier alpha value is -4.36. The molecule has 2 unspecified atom stereocenters. The van der Waals surface area contributed by atoms with E-state index in [0.29, 0.717) is 0 Å². The molecule has 226 valence electrons. The van der Waals surface area contributed by atoms with Gasteiger partial charge in [-0.15, -0.1) is 0 Å². The number of hydrogen-bond donors (Lipinski definition) is 11. The van der Waals surface area contributed by atoms with Crippen molar-refractivity contribution >= 4 is 47.7 Å². The normalized spacial score (nSPS) is 12.6. The van der Waals surface area contributed by atoms with Gasteiger partial charge < -0.3 is 41.1 Å². The van der Waals surface area contributed by atoms with Gasteiger partial charge in [-0.3, -0.25) is 20.7 Å². The highest BCUT2D eigenvalue weighted by Gasteiger charge is 2.33. The molecular formula is C21H32N4O15. The van der Waals surface area contributed by atoms with Gasteiger partial charge in [0.1, 0.15) is 6.04 Å². The number of carboxylic acid groups (broad SMARTS) is 7. The molecule has 0 aromatic heterocycles. The zero-order valence-corrected chi connectivity index (χ0v) is 20.9. The van der Waals surface area contributed by atoms with Crippen LogP contribution >= 0.6 is 0 Å². The number of aliphatic carboxylic acids is 7. The fourth-order valence-corrected chi connectivity index (χ4v) is 3.27. The predicted octanol–water partition coefficient (Wildman–Crippen LogP) is -3.35. The molecule has 0 radical (unpaired) electrons. The van der Waals surface area contributed by atoms with E-state index in [-0.39, 0.29) is 51.6 Å². The number of carboxylic acids is 7. The Morgan fingerprint density at radius 3 is 1.12 bits per heavy atom. The second-order valence-electron chi connectivity index (χ2n) is 8.35. The Kier molecular flexibility index (Phi) is 16.1. The van der Waals surface area contributed by atoms with Crippen molar-refractivity contribution in [2.75, 3.05) is 13.1 Å². The smallest absolute Gasteiger partial charge is 0.332 e. The number of unbranched alkanes of at least 4 members (excludes halogenated alkanes) is 2. The summed E-state index contributed by atoms with van der Waals surface area (Å²) in [5, 5.41) is 71.7. The average molecular weight is 581 g/mol. The first-order valence-electron chi connectivity index (χ1n) is 11.7. The molecule has 0 bridgehead atoms. The van der Waals surface area contributed by atoms with Gasteiger partial charge in [-0.1, -0.05) is 6.42 Å². The zero-order chi connectivity index (χ0) is 31.0. The van der Waals surface area contributed by atoms with Crippen molar-refractivity contribution in [1.82, 2.24) is 21.3 Å². The van der Waals surface area contributed by atoms with Gasteiger partial charge in [0.25, 0.3) is 0 Å². The van der Waals surface area contributed by atoms with Gasteiger partial charge in [0.05, 0.1) is 6.04 Å². The molecule has 0 aliphatic carbocycles. The topological polar surface area (TPSA) is 326 Å². The van der Waals surface area contributed by atoms with Gasteiger partial charge in [0, 0.05) is 0 Å². The molecule has 2 atom stereocenters. The van der Waals surface area contributed by atoms with Crippen molar-refractivity contribution < 1.29 is 74.1 Å². The second kappa shape index (κ2) is 18.0. The summed E-state index contributed by atoms with van der Waals surface area (Å²) in [4.78, 5) is 90.4. The summed E-state index contributed by atoms with van der Waals surface area (Å²) >= 11 is 0. The summed E-state index contributed by atoms with van der Waals surface area (Å²) in [6.07, 6.45) is -0.112. The number of amides is 1. The summed E-state index contributed by atoms with van der Waals surface area (Å²) in [6.45, 7) is -0.249. The second-order valence-corrected chi connectivity index (χ2v) is 8.35. The van der Waals surface area contributed by atoms with Crippen LogP contribution in [0.3, 0.4) is 0 Å². The molecular weight excluding hydrogens is 548 g/mol. The molecule has 19 nitrogen and oxygen atoms in total. The van der Waals surface area contributed by atoms with Crippen LogP contribution in [0.4, 0.5) is 0 Å². The number of hydrogen-bond acceptors (Lipinski definition) is 11. The average Bonchev–Trinajstić information content (AvgIpc) is 2.82. The lowest BCUT2D eigenvalue weighted by atomic mass is 10.0. The maximum atomic E-state index is 12.8. The number of carbonyl (C=O) groups is 8. The summed E-state index contributed by atoms with van der Waals surface area (Å²) in [5.41, 5.74) is 0. The van der Waals surface area contributed by atoms with Crippen LogP contribution in [0.25, 0.3) is 0 Å². The van der Waals surface area contributed by atoms with Crippen LogP contribution in [0.15, 0.2) is 0 Å². The molecule has 0 spiro atoms. The van der Waals surface area contributed by atoms with Crippen LogP contribution in [0.1, 0.15) is 38.5 Å². The molecule has 0 rings (SSSR count). The third kappa shape index (κ3) is 13.4. The van der Waals surface area contributed by atoms with Crippen molar-refractivity contribution in [3.8, 4) is 0 Å². The highest BCUT2D eigenvalue weighted by molar-refractivity contribution is 5.99. The summed E-state index contributed by atoms with van der Waals surface area (Å²) in [6, 6.07) is -9.04. The standard InChI is InChI=1S/C21H32N4O15/c26-14(25-10(15(27)28)6-2-4-8-23-12(18(33)34)19(35)36)9(24-13(20(37)38)21(39)40)5-1-3-7-22-11(16(29)30)17(31)32/h9-13,22-24H,1-8H2,(H,25,26)(H,27,28)(H,29,30)(H,31,32)(H,33,34)(H,35,36)(H,37,38)(H,39,40). The maximum absolute atomic E-state index is 12.8. The van der Waals surface area contributed by atoms with E-state index >= 15 is 0 Å². The fourth-order valence-electron chi connectivity index (χ4n) is 3.27. The van der Waals surface area contributed by atoms with Crippen LogP contribution in [-0.2, 0) is 38.4 Å². The van der Waals surface area contributed by atoms with Crippen LogP contribution in [0, 0.1) is 0 Å². The van der Waals surface area contributed by atoms with Gasteiger partial charge >= 0.3 is 41.8 Å². The molecule has 0 aromatic rings. The van der Waals surface area contributed by atoms with Gasteiger partial charge in [-0.05, 0) is 45.2 Å². The highest BCUT2D eigenvalue weighted by atomic mass is 16.4. The van der Waals surface area contributed by atoms with Gasteiger partial charge in [0.2, 0.25) is 24.0 Å². The Morgan fingerprint density at radius 2 is 0.800 bits per heavy atom. The summed E-state index contributed by atoms with van der Waals surface area (Å²) in [7, 11) is 0. The van der Waals surface area contributed by atoms with Gasteiger partial charge in [-0.2, -0.15) is 0 Å². The third-order valence-corrected chi connectivity index (χ3v) is 5.32. The van der Waals surface area contributed by atoms with E-state index in [1.54, 1.807) is 0 Å². The molecule has 19 heteroatoms. The molecule has 0 saturated heterocycles. The quantitative estimate of drug-likeness (QED) is 0.0415. The van der Waals surface area contributed by atoms with Crippen molar-refractivity contribution in [2.45, 2.75) is 68.7 Å². The first kappa shape index (κ1) is 35.6. The van der Waals surface area contributed by atoms with E-state index in [9.17, 15) is 43.5 Å². The van der Waals surface area contributed by atoms with E-state index in [4.69, 9.17) is 30.6 Å². The monoisotopic (exact) mass is 580 g/mol. The van der Waals surface area contributed by atoms with Crippen molar-refractivity contribution in [2.24, 2.45) is 0 Å². The van der Waals surface area contributed by atoms with Crippen molar-refractivity contribution in [3.05, 3.63) is 0 Å². The molecule has 40 heavy (non-hydrogen) atoms. The number of carbonyl (C=O) groups excluding carboxylic acids is 1. The molecule has 0 saturated carbocycles. The summed E-state index contributed by atoms with van der Waals surface area (Å²) < 4.78 is 0. The van der Waals surface area contributed by atoms with E-state index in [1.807, 2.05) is 0 Å². The Balaban J connectivity index is 5.19. The molecule has 11 N–H and O–H groups in total. The molecule has 0 aromatic carbocycles. The maximum Gasteiger partial charge on any atom is 0.332 e. The molecule has 1 amide bonds. The predicted molar refractivity (Wildman–Crippen MR) is 127 cm³/mol. The molecule has 0 heterocycles. The first-order chi connectivity index (χ1) is 18.6. The van der Waals surface area contributed by atoms with Crippen LogP contribution in [-0.4, -0.2) is 127 Å². The lowest BCUT2D eigenvalue weighted by Gasteiger charge is -2.23. The first-order valence-corrected chi connectivity index (χ1v) is 11.7.